The monoisotopic (exact) mass is 290 g/mol. The van der Waals surface area contributed by atoms with Gasteiger partial charge in [0.05, 0.1) is 6.42 Å². The van der Waals surface area contributed by atoms with Gasteiger partial charge >= 0.3 is 0 Å². The molecule has 2 heterocycles. The Hall–Kier alpha value is -1.42. The highest BCUT2D eigenvalue weighted by atomic mass is 19.1. The van der Waals surface area contributed by atoms with Gasteiger partial charge in [-0.2, -0.15) is 0 Å². The van der Waals surface area contributed by atoms with Gasteiger partial charge in [0, 0.05) is 12.6 Å². The molecule has 21 heavy (non-hydrogen) atoms. The molecule has 0 bridgehead atoms. The van der Waals surface area contributed by atoms with Crippen molar-refractivity contribution in [3.63, 3.8) is 0 Å². The lowest BCUT2D eigenvalue weighted by molar-refractivity contribution is -0.132. The SMILES string of the molecule is O=C(Cc1cccc(F)c1)N1CCCC1C1CCNCC1. The molecule has 0 saturated carbocycles. The van der Waals surface area contributed by atoms with Crippen LogP contribution in [-0.2, 0) is 11.2 Å². The summed E-state index contributed by atoms with van der Waals surface area (Å²) in [4.78, 5) is 14.6. The molecule has 1 atom stereocenters. The van der Waals surface area contributed by atoms with Crippen LogP contribution in [0.15, 0.2) is 24.3 Å². The largest absolute Gasteiger partial charge is 0.339 e. The molecule has 1 amide bonds. The Kier molecular flexibility index (Phi) is 4.54. The minimum Gasteiger partial charge on any atom is -0.339 e. The number of carbonyl (C=O) groups excluding carboxylic acids is 1. The Labute approximate surface area is 125 Å². The molecule has 0 aromatic heterocycles. The van der Waals surface area contributed by atoms with Crippen LogP contribution in [0, 0.1) is 11.7 Å². The third-order valence-electron chi connectivity index (χ3n) is 4.79. The fourth-order valence-electron chi connectivity index (χ4n) is 3.74. The first-order chi connectivity index (χ1) is 10.2. The van der Waals surface area contributed by atoms with Gasteiger partial charge in [-0.15, -0.1) is 0 Å². The molecule has 1 N–H and O–H groups in total. The smallest absolute Gasteiger partial charge is 0.227 e. The van der Waals surface area contributed by atoms with Gasteiger partial charge in [0.25, 0.3) is 0 Å². The van der Waals surface area contributed by atoms with Crippen LogP contribution in [-0.4, -0.2) is 36.5 Å². The number of nitrogens with zero attached hydrogens (tertiary/aromatic N) is 1. The second-order valence-electron chi connectivity index (χ2n) is 6.19. The van der Waals surface area contributed by atoms with Crippen LogP contribution >= 0.6 is 0 Å². The Morgan fingerprint density at radius 2 is 2.10 bits per heavy atom. The number of nitrogens with one attached hydrogen (secondary N) is 1. The fraction of sp³-hybridized carbons (Fsp3) is 0.588. The summed E-state index contributed by atoms with van der Waals surface area (Å²) in [5, 5.41) is 3.38. The van der Waals surface area contributed by atoms with Crippen molar-refractivity contribution in [1.82, 2.24) is 10.2 Å². The van der Waals surface area contributed by atoms with E-state index in [9.17, 15) is 9.18 Å². The quantitative estimate of drug-likeness (QED) is 0.927. The average molecular weight is 290 g/mol. The molecule has 0 radical (unpaired) electrons. The lowest BCUT2D eigenvalue weighted by Crippen LogP contribution is -2.44. The number of benzene rings is 1. The molecule has 2 aliphatic rings. The van der Waals surface area contributed by atoms with Crippen molar-refractivity contribution in [3.05, 3.63) is 35.6 Å². The van der Waals surface area contributed by atoms with E-state index in [4.69, 9.17) is 0 Å². The summed E-state index contributed by atoms with van der Waals surface area (Å²) >= 11 is 0. The Morgan fingerprint density at radius 1 is 1.29 bits per heavy atom. The van der Waals surface area contributed by atoms with E-state index in [0.29, 0.717) is 18.4 Å². The topological polar surface area (TPSA) is 32.3 Å². The van der Waals surface area contributed by atoms with Gasteiger partial charge in [0.15, 0.2) is 0 Å². The Bertz CT molecular complexity index is 499. The number of rotatable bonds is 3. The maximum absolute atomic E-state index is 13.2. The van der Waals surface area contributed by atoms with Crippen molar-refractivity contribution < 1.29 is 9.18 Å². The zero-order valence-electron chi connectivity index (χ0n) is 12.4. The second-order valence-corrected chi connectivity index (χ2v) is 6.19. The van der Waals surface area contributed by atoms with Crippen LogP contribution in [0.4, 0.5) is 4.39 Å². The summed E-state index contributed by atoms with van der Waals surface area (Å²) in [6.45, 7) is 2.99. The van der Waals surface area contributed by atoms with Gasteiger partial charge in [-0.25, -0.2) is 4.39 Å². The number of hydrogen-bond donors (Lipinski definition) is 1. The number of amides is 1. The minimum atomic E-state index is -0.267. The number of piperidine rings is 1. The van der Waals surface area contributed by atoms with Crippen LogP contribution in [0.2, 0.25) is 0 Å². The predicted octanol–water partition coefficient (Wildman–Crippen LogP) is 2.36. The maximum Gasteiger partial charge on any atom is 0.227 e. The molecule has 3 rings (SSSR count). The van der Waals surface area contributed by atoms with Crippen molar-refractivity contribution >= 4 is 5.91 Å². The summed E-state index contributed by atoms with van der Waals surface area (Å²) in [5.74, 6) is 0.517. The summed E-state index contributed by atoms with van der Waals surface area (Å²) in [6, 6.07) is 6.78. The molecule has 1 aromatic carbocycles. The van der Waals surface area contributed by atoms with E-state index in [2.05, 4.69) is 10.2 Å². The average Bonchev–Trinajstić information content (AvgIpc) is 2.98. The summed E-state index contributed by atoms with van der Waals surface area (Å²) < 4.78 is 13.2. The van der Waals surface area contributed by atoms with E-state index in [1.54, 1.807) is 6.07 Å². The molecule has 1 unspecified atom stereocenters. The lowest BCUT2D eigenvalue weighted by Gasteiger charge is -2.34. The molecule has 114 valence electrons. The van der Waals surface area contributed by atoms with Crippen LogP contribution in [0.5, 0.6) is 0 Å². The van der Waals surface area contributed by atoms with E-state index in [1.165, 1.54) is 12.1 Å². The maximum atomic E-state index is 13.2. The molecular formula is C17H23FN2O. The summed E-state index contributed by atoms with van der Waals surface area (Å²) in [6.07, 6.45) is 4.87. The summed E-state index contributed by atoms with van der Waals surface area (Å²) in [5.41, 5.74) is 0.774. The summed E-state index contributed by atoms with van der Waals surface area (Å²) in [7, 11) is 0. The normalized spacial score (nSPS) is 23.5. The lowest BCUT2D eigenvalue weighted by atomic mass is 9.88. The van der Waals surface area contributed by atoms with E-state index in [0.717, 1.165) is 50.9 Å². The van der Waals surface area contributed by atoms with Gasteiger partial charge in [0.2, 0.25) is 5.91 Å². The molecule has 2 aliphatic heterocycles. The van der Waals surface area contributed by atoms with Crippen molar-refractivity contribution in [2.24, 2.45) is 5.92 Å². The first-order valence-electron chi connectivity index (χ1n) is 7.98. The number of hydrogen-bond acceptors (Lipinski definition) is 2. The van der Waals surface area contributed by atoms with E-state index >= 15 is 0 Å². The van der Waals surface area contributed by atoms with E-state index in [1.807, 2.05) is 6.07 Å². The number of likely N-dealkylation sites (tertiary alicyclic amines) is 1. The minimum absolute atomic E-state index is 0.154. The molecule has 4 heteroatoms. The van der Waals surface area contributed by atoms with Gasteiger partial charge in [0.1, 0.15) is 5.82 Å². The predicted molar refractivity (Wildman–Crippen MR) is 80.4 cm³/mol. The van der Waals surface area contributed by atoms with Crippen molar-refractivity contribution in [2.45, 2.75) is 38.1 Å². The van der Waals surface area contributed by atoms with Crippen molar-refractivity contribution in [3.8, 4) is 0 Å². The Balaban J connectivity index is 1.65. The first kappa shape index (κ1) is 14.5. The van der Waals surface area contributed by atoms with Crippen molar-refractivity contribution in [2.75, 3.05) is 19.6 Å². The third-order valence-corrected chi connectivity index (χ3v) is 4.79. The standard InChI is InChI=1S/C17H23FN2O/c18-15-4-1-3-13(11-15)12-17(21)20-10-2-5-16(20)14-6-8-19-9-7-14/h1,3-4,11,14,16,19H,2,5-10,12H2. The molecular weight excluding hydrogens is 267 g/mol. The van der Waals surface area contributed by atoms with Crippen LogP contribution in [0.25, 0.3) is 0 Å². The Morgan fingerprint density at radius 3 is 2.86 bits per heavy atom. The van der Waals surface area contributed by atoms with Gasteiger partial charge in [-0.1, -0.05) is 12.1 Å². The van der Waals surface area contributed by atoms with Gasteiger partial charge < -0.3 is 10.2 Å². The third kappa shape index (κ3) is 3.43. The second kappa shape index (κ2) is 6.56. The van der Waals surface area contributed by atoms with E-state index < -0.39 is 0 Å². The zero-order chi connectivity index (χ0) is 14.7. The molecule has 3 nitrogen and oxygen atoms in total. The number of carbonyl (C=O) groups is 1. The van der Waals surface area contributed by atoms with Gasteiger partial charge in [-0.3, -0.25) is 4.79 Å². The van der Waals surface area contributed by atoms with Crippen LogP contribution in [0.3, 0.4) is 0 Å². The molecule has 2 fully saturated rings. The fourth-order valence-corrected chi connectivity index (χ4v) is 3.74. The zero-order valence-corrected chi connectivity index (χ0v) is 12.4. The van der Waals surface area contributed by atoms with Crippen LogP contribution < -0.4 is 5.32 Å². The highest BCUT2D eigenvalue weighted by molar-refractivity contribution is 5.79. The molecule has 1 aromatic rings. The van der Waals surface area contributed by atoms with Gasteiger partial charge in [-0.05, 0) is 62.4 Å². The highest BCUT2D eigenvalue weighted by Crippen LogP contribution is 2.30. The first-order valence-corrected chi connectivity index (χ1v) is 7.98. The van der Waals surface area contributed by atoms with Crippen LogP contribution in [0.1, 0.15) is 31.2 Å². The molecule has 0 aliphatic carbocycles. The van der Waals surface area contributed by atoms with E-state index in [-0.39, 0.29) is 11.7 Å². The molecule has 0 spiro atoms. The number of halogens is 1. The van der Waals surface area contributed by atoms with Crippen molar-refractivity contribution in [1.29, 1.82) is 0 Å². The molecule has 2 saturated heterocycles. The highest BCUT2D eigenvalue weighted by Gasteiger charge is 2.34.